The zero-order valence-corrected chi connectivity index (χ0v) is 10.5. The van der Waals surface area contributed by atoms with Crippen LogP contribution in [0.4, 0.5) is 4.39 Å². The first-order valence-corrected chi connectivity index (χ1v) is 5.96. The number of halogens is 1. The van der Waals surface area contributed by atoms with Crippen molar-refractivity contribution in [3.8, 4) is 0 Å². The predicted octanol–water partition coefficient (Wildman–Crippen LogP) is 2.94. The van der Waals surface area contributed by atoms with E-state index in [4.69, 9.17) is 0 Å². The SMILES string of the molecule is Cc1ccc(C(Cc2ccc(F)cc2)C(=O)O)nc1. The summed E-state index contributed by atoms with van der Waals surface area (Å²) in [7, 11) is 0. The Kier molecular flexibility index (Phi) is 3.90. The normalized spacial score (nSPS) is 12.1. The van der Waals surface area contributed by atoms with E-state index in [0.29, 0.717) is 12.1 Å². The third-order valence-corrected chi connectivity index (χ3v) is 2.94. The Balaban J connectivity index is 2.23. The lowest BCUT2D eigenvalue weighted by atomic mass is 9.95. The third-order valence-electron chi connectivity index (χ3n) is 2.94. The van der Waals surface area contributed by atoms with Crippen LogP contribution in [0.3, 0.4) is 0 Å². The molecule has 0 saturated carbocycles. The van der Waals surface area contributed by atoms with E-state index in [1.54, 1.807) is 24.4 Å². The Bertz CT molecular complexity index is 564. The van der Waals surface area contributed by atoms with Crippen molar-refractivity contribution >= 4 is 5.97 Å². The van der Waals surface area contributed by atoms with Crippen LogP contribution in [-0.2, 0) is 11.2 Å². The van der Waals surface area contributed by atoms with Crippen molar-refractivity contribution in [1.29, 1.82) is 0 Å². The molecule has 1 N–H and O–H groups in total. The topological polar surface area (TPSA) is 50.2 Å². The summed E-state index contributed by atoms with van der Waals surface area (Å²) >= 11 is 0. The molecule has 1 aromatic heterocycles. The molecule has 1 heterocycles. The number of carbonyl (C=O) groups is 1. The van der Waals surface area contributed by atoms with E-state index in [9.17, 15) is 14.3 Å². The minimum Gasteiger partial charge on any atom is -0.481 e. The summed E-state index contributed by atoms with van der Waals surface area (Å²) in [6.45, 7) is 1.90. The Hall–Kier alpha value is -2.23. The number of rotatable bonds is 4. The van der Waals surface area contributed by atoms with Crippen LogP contribution >= 0.6 is 0 Å². The van der Waals surface area contributed by atoms with E-state index >= 15 is 0 Å². The zero-order valence-electron chi connectivity index (χ0n) is 10.5. The molecule has 0 aliphatic rings. The number of carboxylic acid groups (broad SMARTS) is 1. The highest BCUT2D eigenvalue weighted by molar-refractivity contribution is 5.75. The number of pyridine rings is 1. The zero-order chi connectivity index (χ0) is 13.8. The van der Waals surface area contributed by atoms with E-state index in [2.05, 4.69) is 4.98 Å². The summed E-state index contributed by atoms with van der Waals surface area (Å²) in [4.78, 5) is 15.5. The number of hydrogen-bond donors (Lipinski definition) is 1. The molecule has 0 bridgehead atoms. The quantitative estimate of drug-likeness (QED) is 0.918. The molecule has 1 atom stereocenters. The summed E-state index contributed by atoms with van der Waals surface area (Å²) in [5.74, 6) is -1.98. The average molecular weight is 259 g/mol. The first-order valence-electron chi connectivity index (χ1n) is 5.96. The second-order valence-electron chi connectivity index (χ2n) is 4.48. The molecule has 19 heavy (non-hydrogen) atoms. The Morgan fingerprint density at radius 2 is 1.95 bits per heavy atom. The maximum absolute atomic E-state index is 12.8. The van der Waals surface area contributed by atoms with Crippen molar-refractivity contribution in [1.82, 2.24) is 4.98 Å². The van der Waals surface area contributed by atoms with Crippen LogP contribution in [0.5, 0.6) is 0 Å². The van der Waals surface area contributed by atoms with Crippen LogP contribution in [0.2, 0.25) is 0 Å². The number of aliphatic carboxylic acids is 1. The molecule has 0 fully saturated rings. The second-order valence-corrected chi connectivity index (χ2v) is 4.48. The van der Waals surface area contributed by atoms with E-state index in [1.165, 1.54) is 12.1 Å². The van der Waals surface area contributed by atoms with Gasteiger partial charge in [0.25, 0.3) is 0 Å². The molecule has 1 unspecified atom stereocenters. The van der Waals surface area contributed by atoms with E-state index in [-0.39, 0.29) is 5.82 Å². The molecule has 0 aliphatic heterocycles. The highest BCUT2D eigenvalue weighted by Gasteiger charge is 2.21. The summed E-state index contributed by atoms with van der Waals surface area (Å²) in [6, 6.07) is 9.41. The van der Waals surface area contributed by atoms with Gasteiger partial charge in [-0.3, -0.25) is 9.78 Å². The van der Waals surface area contributed by atoms with Gasteiger partial charge in [0, 0.05) is 6.20 Å². The fourth-order valence-corrected chi connectivity index (χ4v) is 1.86. The maximum Gasteiger partial charge on any atom is 0.312 e. The maximum atomic E-state index is 12.8. The van der Waals surface area contributed by atoms with Crippen molar-refractivity contribution in [3.05, 3.63) is 65.2 Å². The average Bonchev–Trinajstić information content (AvgIpc) is 2.39. The Morgan fingerprint density at radius 1 is 1.26 bits per heavy atom. The van der Waals surface area contributed by atoms with Gasteiger partial charge in [-0.2, -0.15) is 0 Å². The molecule has 3 nitrogen and oxygen atoms in total. The lowest BCUT2D eigenvalue weighted by Crippen LogP contribution is -2.15. The molecule has 0 aliphatic carbocycles. The van der Waals surface area contributed by atoms with Crippen LogP contribution in [0.1, 0.15) is 22.7 Å². The van der Waals surface area contributed by atoms with Gasteiger partial charge in [0.15, 0.2) is 0 Å². The Morgan fingerprint density at radius 3 is 2.47 bits per heavy atom. The molecule has 0 saturated heterocycles. The smallest absolute Gasteiger partial charge is 0.312 e. The van der Waals surface area contributed by atoms with Crippen LogP contribution in [0.15, 0.2) is 42.6 Å². The molecule has 0 spiro atoms. The van der Waals surface area contributed by atoms with E-state index in [0.717, 1.165) is 11.1 Å². The molecular formula is C15H14FNO2. The van der Waals surface area contributed by atoms with Gasteiger partial charge in [-0.05, 0) is 42.7 Å². The number of nitrogens with zero attached hydrogens (tertiary/aromatic N) is 1. The molecule has 4 heteroatoms. The second kappa shape index (κ2) is 5.61. The lowest BCUT2D eigenvalue weighted by Gasteiger charge is -2.12. The largest absolute Gasteiger partial charge is 0.481 e. The molecule has 1 aromatic carbocycles. The van der Waals surface area contributed by atoms with Crippen molar-refractivity contribution in [2.45, 2.75) is 19.3 Å². The van der Waals surface area contributed by atoms with Crippen LogP contribution < -0.4 is 0 Å². The van der Waals surface area contributed by atoms with Crippen molar-refractivity contribution in [2.75, 3.05) is 0 Å². The minimum absolute atomic E-state index is 0.297. The minimum atomic E-state index is -0.930. The van der Waals surface area contributed by atoms with Gasteiger partial charge >= 0.3 is 5.97 Å². The van der Waals surface area contributed by atoms with Crippen molar-refractivity contribution in [2.24, 2.45) is 0 Å². The van der Waals surface area contributed by atoms with Gasteiger partial charge in [0.1, 0.15) is 11.7 Å². The highest BCUT2D eigenvalue weighted by Crippen LogP contribution is 2.20. The first kappa shape index (κ1) is 13.2. The van der Waals surface area contributed by atoms with Crippen LogP contribution in [0.25, 0.3) is 0 Å². The Labute approximate surface area is 110 Å². The number of hydrogen-bond acceptors (Lipinski definition) is 2. The molecular weight excluding hydrogens is 245 g/mol. The van der Waals surface area contributed by atoms with Crippen molar-refractivity contribution in [3.63, 3.8) is 0 Å². The standard InChI is InChI=1S/C15H14FNO2/c1-10-2-7-14(17-9-10)13(15(18)19)8-11-3-5-12(16)6-4-11/h2-7,9,13H,8H2,1H3,(H,18,19). The van der Waals surface area contributed by atoms with Crippen LogP contribution in [-0.4, -0.2) is 16.1 Å². The van der Waals surface area contributed by atoms with Crippen molar-refractivity contribution < 1.29 is 14.3 Å². The summed E-state index contributed by atoms with van der Waals surface area (Å²) in [6.07, 6.45) is 1.95. The van der Waals surface area contributed by atoms with Gasteiger partial charge < -0.3 is 5.11 Å². The molecule has 2 rings (SSSR count). The van der Waals surface area contributed by atoms with E-state index < -0.39 is 11.9 Å². The summed E-state index contributed by atoms with van der Waals surface area (Å²) in [5.41, 5.74) is 2.27. The third kappa shape index (κ3) is 3.37. The molecule has 2 aromatic rings. The highest BCUT2D eigenvalue weighted by atomic mass is 19.1. The van der Waals surface area contributed by atoms with Gasteiger partial charge in [0.2, 0.25) is 0 Å². The van der Waals surface area contributed by atoms with Gasteiger partial charge in [0.05, 0.1) is 5.69 Å². The fourth-order valence-electron chi connectivity index (χ4n) is 1.86. The van der Waals surface area contributed by atoms with Gasteiger partial charge in [-0.1, -0.05) is 18.2 Å². The summed E-state index contributed by atoms with van der Waals surface area (Å²) < 4.78 is 12.8. The first-order chi connectivity index (χ1) is 9.06. The van der Waals surface area contributed by atoms with E-state index in [1.807, 2.05) is 13.0 Å². The summed E-state index contributed by atoms with van der Waals surface area (Å²) in [5, 5.41) is 9.30. The fraction of sp³-hybridized carbons (Fsp3) is 0.200. The number of carboxylic acids is 1. The number of aromatic nitrogens is 1. The van der Waals surface area contributed by atoms with Crippen LogP contribution in [0, 0.1) is 12.7 Å². The number of aryl methyl sites for hydroxylation is 1. The molecule has 0 radical (unpaired) electrons. The van der Waals surface area contributed by atoms with Gasteiger partial charge in [-0.15, -0.1) is 0 Å². The monoisotopic (exact) mass is 259 g/mol. The molecule has 0 amide bonds. The van der Waals surface area contributed by atoms with Gasteiger partial charge in [-0.25, -0.2) is 4.39 Å². The number of benzene rings is 1. The molecule has 98 valence electrons. The lowest BCUT2D eigenvalue weighted by molar-refractivity contribution is -0.138. The predicted molar refractivity (Wildman–Crippen MR) is 69.5 cm³/mol.